The van der Waals surface area contributed by atoms with Crippen LogP contribution in [-0.2, 0) is 4.79 Å². The van der Waals surface area contributed by atoms with E-state index in [1.54, 1.807) is 10.9 Å². The summed E-state index contributed by atoms with van der Waals surface area (Å²) in [6.45, 7) is 4.28. The zero-order valence-electron chi connectivity index (χ0n) is 18.9. The van der Waals surface area contributed by atoms with Crippen molar-refractivity contribution in [1.29, 1.82) is 0 Å². The van der Waals surface area contributed by atoms with Crippen molar-refractivity contribution in [1.82, 2.24) is 14.3 Å². The van der Waals surface area contributed by atoms with E-state index in [2.05, 4.69) is 41.0 Å². The van der Waals surface area contributed by atoms with E-state index in [9.17, 15) is 9.18 Å². The molecule has 34 heavy (non-hydrogen) atoms. The molecule has 1 N–H and O–H groups in total. The number of anilines is 1. The third-order valence-electron chi connectivity index (χ3n) is 6.48. The maximum absolute atomic E-state index is 13.8. The van der Waals surface area contributed by atoms with E-state index in [1.165, 1.54) is 12.1 Å². The lowest BCUT2D eigenvalue weighted by molar-refractivity contribution is -0.117. The number of amides is 1. The van der Waals surface area contributed by atoms with Gasteiger partial charge in [-0.1, -0.05) is 48.5 Å². The number of carbonyl (C=O) groups excluding carboxylic acids is 1. The van der Waals surface area contributed by atoms with Gasteiger partial charge in [-0.15, -0.1) is 0 Å². The highest BCUT2D eigenvalue weighted by molar-refractivity contribution is 6.06. The van der Waals surface area contributed by atoms with Crippen molar-refractivity contribution in [2.75, 3.05) is 5.32 Å². The average molecular weight is 451 g/mol. The molecular weight excluding hydrogens is 427 g/mol. The second-order valence-corrected chi connectivity index (χ2v) is 8.85. The molecule has 168 valence electrons. The maximum Gasteiger partial charge on any atom is 0.253 e. The summed E-state index contributed by atoms with van der Waals surface area (Å²) in [4.78, 5) is 13.1. The minimum Gasteiger partial charge on any atom is -0.336 e. The second kappa shape index (κ2) is 7.70. The molecule has 0 spiro atoms. The standard InChI is InChI=1S/C28H23FN4O/c1-17(2)32-23-10-6-4-8-21(23)25(18-11-13-19(29)14-12-18)27(32)24-15-16-30-33(24)26-20-7-3-5-9-22(20)31-28(26)34/h3-17,26H,1-2H3,(H,31,34)/t26-/m0/s1. The number of benzene rings is 3. The first-order valence-corrected chi connectivity index (χ1v) is 11.4. The Kier molecular flexibility index (Phi) is 4.62. The van der Waals surface area contributed by atoms with Gasteiger partial charge in [0.05, 0.1) is 11.4 Å². The zero-order chi connectivity index (χ0) is 23.4. The summed E-state index contributed by atoms with van der Waals surface area (Å²) in [5, 5.41) is 8.68. The van der Waals surface area contributed by atoms with E-state index in [4.69, 9.17) is 0 Å². The first-order valence-electron chi connectivity index (χ1n) is 11.4. The Hall–Kier alpha value is -4.19. The minimum atomic E-state index is -0.569. The van der Waals surface area contributed by atoms with Crippen LogP contribution in [0.2, 0.25) is 0 Å². The van der Waals surface area contributed by atoms with Gasteiger partial charge in [0.25, 0.3) is 5.91 Å². The van der Waals surface area contributed by atoms with E-state index in [-0.39, 0.29) is 17.8 Å². The fourth-order valence-electron chi connectivity index (χ4n) is 5.10. The fraction of sp³-hybridized carbons (Fsp3) is 0.143. The topological polar surface area (TPSA) is 51.9 Å². The summed E-state index contributed by atoms with van der Waals surface area (Å²) in [5.74, 6) is -0.385. The Morgan fingerprint density at radius 2 is 1.68 bits per heavy atom. The normalized spacial score (nSPS) is 15.2. The Labute approximate surface area is 196 Å². The molecule has 0 fully saturated rings. The Balaban J connectivity index is 1.67. The van der Waals surface area contributed by atoms with Gasteiger partial charge in [-0.05, 0) is 49.7 Å². The zero-order valence-corrected chi connectivity index (χ0v) is 18.9. The average Bonchev–Trinajstić information content (AvgIpc) is 3.51. The Morgan fingerprint density at radius 1 is 0.941 bits per heavy atom. The number of hydrogen-bond acceptors (Lipinski definition) is 2. The number of nitrogens with one attached hydrogen (secondary N) is 1. The van der Waals surface area contributed by atoms with Crippen LogP contribution in [0.4, 0.5) is 10.1 Å². The third kappa shape index (κ3) is 2.99. The van der Waals surface area contributed by atoms with Crippen LogP contribution in [0, 0.1) is 5.82 Å². The lowest BCUT2D eigenvalue weighted by atomic mass is 10.00. The lowest BCUT2D eigenvalue weighted by Gasteiger charge is -2.19. The van der Waals surface area contributed by atoms with Crippen LogP contribution in [-0.4, -0.2) is 20.3 Å². The number of rotatable bonds is 4. The Bertz CT molecular complexity index is 1540. The van der Waals surface area contributed by atoms with Gasteiger partial charge < -0.3 is 9.88 Å². The number of hydrogen-bond donors (Lipinski definition) is 1. The summed E-state index contributed by atoms with van der Waals surface area (Å²) < 4.78 is 17.9. The van der Waals surface area contributed by atoms with Gasteiger partial charge in [-0.25, -0.2) is 9.07 Å². The summed E-state index contributed by atoms with van der Waals surface area (Å²) in [6.07, 6.45) is 1.74. The molecule has 6 rings (SSSR count). The van der Waals surface area contributed by atoms with Gasteiger partial charge in [-0.3, -0.25) is 4.79 Å². The molecule has 0 saturated carbocycles. The van der Waals surface area contributed by atoms with Crippen molar-refractivity contribution >= 4 is 22.5 Å². The molecular formula is C28H23FN4O. The van der Waals surface area contributed by atoms with Crippen molar-refractivity contribution < 1.29 is 9.18 Å². The quantitative estimate of drug-likeness (QED) is 0.343. The van der Waals surface area contributed by atoms with E-state index >= 15 is 0 Å². The second-order valence-electron chi connectivity index (χ2n) is 8.85. The van der Waals surface area contributed by atoms with Gasteiger partial charge in [-0.2, -0.15) is 5.10 Å². The number of para-hydroxylation sites is 2. The number of nitrogens with zero attached hydrogens (tertiary/aromatic N) is 3. The number of carbonyl (C=O) groups is 1. The first kappa shape index (κ1) is 20.4. The summed E-state index contributed by atoms with van der Waals surface area (Å²) in [5.41, 5.74) is 6.48. The van der Waals surface area contributed by atoms with Crippen molar-refractivity contribution in [3.8, 4) is 22.5 Å². The molecule has 6 heteroatoms. The van der Waals surface area contributed by atoms with Crippen LogP contribution in [0.15, 0.2) is 85.1 Å². The molecule has 3 aromatic carbocycles. The highest BCUT2D eigenvalue weighted by atomic mass is 19.1. The lowest BCUT2D eigenvalue weighted by Crippen LogP contribution is -2.22. The van der Waals surface area contributed by atoms with Crippen molar-refractivity contribution in [2.45, 2.75) is 25.9 Å². The molecule has 0 unspecified atom stereocenters. The van der Waals surface area contributed by atoms with E-state index < -0.39 is 6.04 Å². The fourth-order valence-corrected chi connectivity index (χ4v) is 5.10. The number of fused-ring (bicyclic) bond motifs is 2. The molecule has 3 heterocycles. The molecule has 1 aliphatic heterocycles. The van der Waals surface area contributed by atoms with Crippen molar-refractivity contribution in [3.63, 3.8) is 0 Å². The number of halogens is 1. The molecule has 1 aliphatic rings. The SMILES string of the molecule is CC(C)n1c(-c2ccnn2[C@@H]2C(=O)Nc3ccccc32)c(-c2ccc(F)cc2)c2ccccc21. The van der Waals surface area contributed by atoms with Crippen molar-refractivity contribution in [2.24, 2.45) is 0 Å². The Morgan fingerprint density at radius 3 is 2.47 bits per heavy atom. The number of aromatic nitrogens is 3. The van der Waals surface area contributed by atoms with Crippen LogP contribution in [0.25, 0.3) is 33.4 Å². The summed E-state index contributed by atoms with van der Waals surface area (Å²) >= 11 is 0. The highest BCUT2D eigenvalue weighted by Gasteiger charge is 2.35. The predicted octanol–water partition coefficient (Wildman–Crippen LogP) is 6.43. The predicted molar refractivity (Wildman–Crippen MR) is 132 cm³/mol. The van der Waals surface area contributed by atoms with Crippen LogP contribution in [0.5, 0.6) is 0 Å². The van der Waals surface area contributed by atoms with Gasteiger partial charge in [0.2, 0.25) is 0 Å². The van der Waals surface area contributed by atoms with Crippen LogP contribution < -0.4 is 5.32 Å². The molecule has 0 bridgehead atoms. The summed E-state index contributed by atoms with van der Waals surface area (Å²) in [7, 11) is 0. The van der Waals surface area contributed by atoms with Crippen LogP contribution >= 0.6 is 0 Å². The van der Waals surface area contributed by atoms with Gasteiger partial charge in [0, 0.05) is 40.0 Å². The monoisotopic (exact) mass is 450 g/mol. The van der Waals surface area contributed by atoms with Gasteiger partial charge in [0.1, 0.15) is 5.82 Å². The van der Waals surface area contributed by atoms with Crippen molar-refractivity contribution in [3.05, 3.63) is 96.4 Å². The summed E-state index contributed by atoms with van der Waals surface area (Å²) in [6, 6.07) is 24.1. The maximum atomic E-state index is 13.8. The molecule has 1 amide bonds. The van der Waals surface area contributed by atoms with Crippen LogP contribution in [0.1, 0.15) is 31.5 Å². The van der Waals surface area contributed by atoms with Crippen LogP contribution in [0.3, 0.4) is 0 Å². The first-order chi connectivity index (χ1) is 16.5. The molecule has 0 saturated heterocycles. The molecule has 0 aliphatic carbocycles. The molecule has 5 nitrogen and oxygen atoms in total. The highest BCUT2D eigenvalue weighted by Crippen LogP contribution is 2.44. The minimum absolute atomic E-state index is 0.110. The molecule has 0 radical (unpaired) electrons. The molecule has 5 aromatic rings. The third-order valence-corrected chi connectivity index (χ3v) is 6.48. The smallest absolute Gasteiger partial charge is 0.253 e. The van der Waals surface area contributed by atoms with Gasteiger partial charge in [0.15, 0.2) is 6.04 Å². The molecule has 1 atom stereocenters. The molecule has 2 aromatic heterocycles. The van der Waals surface area contributed by atoms with Gasteiger partial charge >= 0.3 is 0 Å². The van der Waals surface area contributed by atoms with E-state index in [0.29, 0.717) is 0 Å². The largest absolute Gasteiger partial charge is 0.336 e. The van der Waals surface area contributed by atoms with E-state index in [1.807, 2.05) is 54.6 Å². The van der Waals surface area contributed by atoms with E-state index in [0.717, 1.165) is 44.7 Å².